The fourth-order valence-corrected chi connectivity index (χ4v) is 3.23. The van der Waals surface area contributed by atoms with Crippen LogP contribution in [0.5, 0.6) is 0 Å². The van der Waals surface area contributed by atoms with Gasteiger partial charge in [-0.25, -0.2) is 4.68 Å². The predicted octanol–water partition coefficient (Wildman–Crippen LogP) is 2.37. The zero-order valence-electron chi connectivity index (χ0n) is 13.4. The molecule has 1 saturated carbocycles. The molecule has 2 aromatic heterocycles. The molecule has 3 rings (SSSR count). The molecule has 122 valence electrons. The standard InChI is InChI=1S/C17H21N3O3/c1-11-10-15(12(2)23-11)17(22)19-13-5-7-14(8-6-13)20-16(21)4-3-9-18-20/h3-4,9-10,13-14H,5-8H2,1-2H3,(H,19,22). The number of nitrogens with one attached hydrogen (secondary N) is 1. The van der Waals surface area contributed by atoms with Crippen LogP contribution in [0.15, 0.2) is 33.6 Å². The van der Waals surface area contributed by atoms with Gasteiger partial charge in [0.1, 0.15) is 11.5 Å². The third-order valence-corrected chi connectivity index (χ3v) is 4.41. The number of hydrogen-bond donors (Lipinski definition) is 1. The summed E-state index contributed by atoms with van der Waals surface area (Å²) in [7, 11) is 0. The lowest BCUT2D eigenvalue weighted by molar-refractivity contribution is 0.0920. The van der Waals surface area contributed by atoms with Gasteiger partial charge in [-0.15, -0.1) is 0 Å². The zero-order chi connectivity index (χ0) is 16.4. The molecule has 6 heteroatoms. The van der Waals surface area contributed by atoms with Gasteiger partial charge in [0, 0.05) is 18.3 Å². The lowest BCUT2D eigenvalue weighted by Crippen LogP contribution is -2.39. The lowest BCUT2D eigenvalue weighted by atomic mass is 9.91. The van der Waals surface area contributed by atoms with Gasteiger partial charge < -0.3 is 9.73 Å². The smallest absolute Gasteiger partial charge is 0.266 e. The van der Waals surface area contributed by atoms with E-state index in [1.54, 1.807) is 29.9 Å². The van der Waals surface area contributed by atoms with Crippen molar-refractivity contribution in [3.05, 3.63) is 51.8 Å². The van der Waals surface area contributed by atoms with Crippen molar-refractivity contribution in [3.63, 3.8) is 0 Å². The number of aryl methyl sites for hydroxylation is 2. The quantitative estimate of drug-likeness (QED) is 0.943. The maximum absolute atomic E-state index is 12.3. The van der Waals surface area contributed by atoms with Crippen LogP contribution in [0.25, 0.3) is 0 Å². The molecule has 23 heavy (non-hydrogen) atoms. The maximum Gasteiger partial charge on any atom is 0.266 e. The second-order valence-corrected chi connectivity index (χ2v) is 6.11. The molecule has 0 aromatic carbocycles. The second kappa shape index (κ2) is 6.40. The van der Waals surface area contributed by atoms with Crippen LogP contribution in [0, 0.1) is 13.8 Å². The molecule has 1 fully saturated rings. The van der Waals surface area contributed by atoms with E-state index >= 15 is 0 Å². The molecule has 1 amide bonds. The van der Waals surface area contributed by atoms with Gasteiger partial charge in [0.2, 0.25) is 0 Å². The van der Waals surface area contributed by atoms with Crippen molar-refractivity contribution in [2.24, 2.45) is 0 Å². The number of rotatable bonds is 3. The first kappa shape index (κ1) is 15.5. The number of carbonyl (C=O) groups excluding carboxylic acids is 1. The molecule has 0 bridgehead atoms. The molecule has 0 saturated heterocycles. The first-order chi connectivity index (χ1) is 11.0. The molecule has 6 nitrogen and oxygen atoms in total. The molecular formula is C17H21N3O3. The summed E-state index contributed by atoms with van der Waals surface area (Å²) in [5.41, 5.74) is 0.537. The van der Waals surface area contributed by atoms with E-state index < -0.39 is 0 Å². The molecule has 0 unspecified atom stereocenters. The monoisotopic (exact) mass is 315 g/mol. The van der Waals surface area contributed by atoms with Gasteiger partial charge in [0.25, 0.3) is 11.5 Å². The van der Waals surface area contributed by atoms with Gasteiger partial charge in [-0.2, -0.15) is 5.10 Å². The summed E-state index contributed by atoms with van der Waals surface area (Å²) in [5.74, 6) is 1.30. The Morgan fingerprint density at radius 2 is 2.04 bits per heavy atom. The third kappa shape index (κ3) is 3.36. The van der Waals surface area contributed by atoms with Crippen molar-refractivity contribution >= 4 is 5.91 Å². The van der Waals surface area contributed by atoms with Crippen LogP contribution in [0.4, 0.5) is 0 Å². The van der Waals surface area contributed by atoms with Crippen molar-refractivity contribution in [1.29, 1.82) is 0 Å². The minimum Gasteiger partial charge on any atom is -0.466 e. The predicted molar refractivity (Wildman–Crippen MR) is 85.4 cm³/mol. The van der Waals surface area contributed by atoms with Crippen LogP contribution in [0.1, 0.15) is 53.6 Å². The highest BCUT2D eigenvalue weighted by molar-refractivity contribution is 5.95. The summed E-state index contributed by atoms with van der Waals surface area (Å²) in [4.78, 5) is 24.1. The highest BCUT2D eigenvalue weighted by Crippen LogP contribution is 2.27. The summed E-state index contributed by atoms with van der Waals surface area (Å²) in [6, 6.07) is 5.21. The topological polar surface area (TPSA) is 77.1 Å². The van der Waals surface area contributed by atoms with Crippen LogP contribution in [0.3, 0.4) is 0 Å². The van der Waals surface area contributed by atoms with Crippen molar-refractivity contribution in [2.75, 3.05) is 0 Å². The average molecular weight is 315 g/mol. The molecule has 0 atom stereocenters. The Labute approximate surface area is 134 Å². The average Bonchev–Trinajstić information content (AvgIpc) is 2.87. The zero-order valence-corrected chi connectivity index (χ0v) is 13.4. The van der Waals surface area contributed by atoms with E-state index in [2.05, 4.69) is 10.4 Å². The first-order valence-corrected chi connectivity index (χ1v) is 7.96. The fourth-order valence-electron chi connectivity index (χ4n) is 3.23. The second-order valence-electron chi connectivity index (χ2n) is 6.11. The third-order valence-electron chi connectivity index (χ3n) is 4.41. The summed E-state index contributed by atoms with van der Waals surface area (Å²) in [6.07, 6.45) is 5.00. The lowest BCUT2D eigenvalue weighted by Gasteiger charge is -2.29. The van der Waals surface area contributed by atoms with Gasteiger partial charge in [0.05, 0.1) is 11.6 Å². The van der Waals surface area contributed by atoms with Crippen LogP contribution in [-0.2, 0) is 0 Å². The van der Waals surface area contributed by atoms with E-state index in [-0.39, 0.29) is 23.6 Å². The molecule has 2 heterocycles. The molecule has 2 aromatic rings. The van der Waals surface area contributed by atoms with E-state index in [4.69, 9.17) is 4.42 Å². The number of hydrogen-bond acceptors (Lipinski definition) is 4. The van der Waals surface area contributed by atoms with Gasteiger partial charge in [-0.3, -0.25) is 9.59 Å². The van der Waals surface area contributed by atoms with Crippen molar-refractivity contribution in [2.45, 2.75) is 51.6 Å². The Morgan fingerprint density at radius 1 is 1.30 bits per heavy atom. The Kier molecular flexibility index (Phi) is 4.32. The maximum atomic E-state index is 12.3. The van der Waals surface area contributed by atoms with Crippen molar-refractivity contribution in [1.82, 2.24) is 15.1 Å². The Hall–Kier alpha value is -2.37. The van der Waals surface area contributed by atoms with Crippen LogP contribution in [-0.4, -0.2) is 21.7 Å². The highest BCUT2D eigenvalue weighted by atomic mass is 16.3. The summed E-state index contributed by atoms with van der Waals surface area (Å²) >= 11 is 0. The largest absolute Gasteiger partial charge is 0.466 e. The number of amides is 1. The van der Waals surface area contributed by atoms with Crippen molar-refractivity contribution in [3.8, 4) is 0 Å². The summed E-state index contributed by atoms with van der Waals surface area (Å²) < 4.78 is 6.96. The minimum atomic E-state index is -0.0854. The number of aromatic nitrogens is 2. The van der Waals surface area contributed by atoms with E-state index in [0.29, 0.717) is 11.3 Å². The molecule has 0 spiro atoms. The molecule has 0 radical (unpaired) electrons. The van der Waals surface area contributed by atoms with E-state index in [9.17, 15) is 9.59 Å². The Bertz CT molecular complexity index is 754. The van der Waals surface area contributed by atoms with Gasteiger partial charge >= 0.3 is 0 Å². The molecular weight excluding hydrogens is 294 g/mol. The molecule has 1 aliphatic rings. The fraction of sp³-hybridized carbons (Fsp3) is 0.471. The van der Waals surface area contributed by atoms with Gasteiger partial charge in [-0.1, -0.05) is 0 Å². The van der Waals surface area contributed by atoms with E-state index in [0.717, 1.165) is 31.4 Å². The first-order valence-electron chi connectivity index (χ1n) is 7.96. The summed E-state index contributed by atoms with van der Waals surface area (Å²) in [6.45, 7) is 3.63. The SMILES string of the molecule is Cc1cc(C(=O)NC2CCC(n3ncccc3=O)CC2)c(C)o1. The van der Waals surface area contributed by atoms with Crippen molar-refractivity contribution < 1.29 is 9.21 Å². The van der Waals surface area contributed by atoms with E-state index in [1.807, 2.05) is 6.92 Å². The highest BCUT2D eigenvalue weighted by Gasteiger charge is 2.25. The number of furan rings is 1. The van der Waals surface area contributed by atoms with E-state index in [1.165, 1.54) is 6.07 Å². The summed E-state index contributed by atoms with van der Waals surface area (Å²) in [5, 5.41) is 7.22. The Balaban J connectivity index is 1.59. The normalized spacial score (nSPS) is 21.1. The van der Waals surface area contributed by atoms with Crippen LogP contribution in [0.2, 0.25) is 0 Å². The van der Waals surface area contributed by atoms with Crippen LogP contribution < -0.4 is 10.9 Å². The number of nitrogens with zero attached hydrogens (tertiary/aromatic N) is 2. The van der Waals surface area contributed by atoms with Gasteiger partial charge in [-0.05, 0) is 51.7 Å². The van der Waals surface area contributed by atoms with Gasteiger partial charge in [0.15, 0.2) is 0 Å². The molecule has 0 aliphatic heterocycles. The molecule has 1 N–H and O–H groups in total. The Morgan fingerprint density at radius 3 is 2.65 bits per heavy atom. The number of carbonyl (C=O) groups is 1. The minimum absolute atomic E-state index is 0.0653. The molecule has 1 aliphatic carbocycles. The van der Waals surface area contributed by atoms with Crippen LogP contribution >= 0.6 is 0 Å².